The number of rotatable bonds is 6. The van der Waals surface area contributed by atoms with Crippen molar-refractivity contribution in [3.05, 3.63) is 60.3 Å². The molecule has 4 rings (SSSR count). The topological polar surface area (TPSA) is 91.5 Å². The summed E-state index contributed by atoms with van der Waals surface area (Å²) in [4.78, 5) is 18.0. The zero-order chi connectivity index (χ0) is 21.1. The fourth-order valence-corrected chi connectivity index (χ4v) is 5.15. The molecule has 0 radical (unpaired) electrons. The first-order valence-corrected chi connectivity index (χ1v) is 11.4. The van der Waals surface area contributed by atoms with E-state index < -0.39 is 10.0 Å². The van der Waals surface area contributed by atoms with Gasteiger partial charge in [0.2, 0.25) is 15.9 Å². The summed E-state index contributed by atoms with van der Waals surface area (Å²) < 4.78 is 33.1. The molecule has 3 aromatic rings. The maximum absolute atomic E-state index is 12.7. The molecule has 1 amide bonds. The normalized spacial score (nSPS) is 15.4. The molecule has 0 atom stereocenters. The van der Waals surface area contributed by atoms with Crippen LogP contribution in [0.5, 0.6) is 5.75 Å². The second kappa shape index (κ2) is 8.49. The maximum atomic E-state index is 12.7. The molecule has 2 aromatic carbocycles. The number of carbonyl (C=O) groups excluding carboxylic acids is 1. The van der Waals surface area contributed by atoms with Crippen molar-refractivity contribution >= 4 is 26.8 Å². The number of benzene rings is 2. The molecule has 8 heteroatoms. The number of aromatic amines is 1. The van der Waals surface area contributed by atoms with Gasteiger partial charge < -0.3 is 14.6 Å². The van der Waals surface area contributed by atoms with Gasteiger partial charge in [0.25, 0.3) is 0 Å². The minimum Gasteiger partial charge on any atom is -0.497 e. The molecule has 1 aliphatic heterocycles. The number of amides is 1. The van der Waals surface area contributed by atoms with E-state index in [1.165, 1.54) is 19.2 Å². The minimum atomic E-state index is -3.60. The lowest BCUT2D eigenvalue weighted by molar-refractivity contribution is -0.131. The number of piperidine rings is 1. The van der Waals surface area contributed by atoms with Crippen LogP contribution in [0.2, 0.25) is 0 Å². The second-order valence-corrected chi connectivity index (χ2v) is 9.20. The molecular weight excluding hydrogens is 402 g/mol. The third-order valence-corrected chi connectivity index (χ3v) is 7.09. The maximum Gasteiger partial charge on any atom is 0.240 e. The summed E-state index contributed by atoms with van der Waals surface area (Å²) in [6, 6.07) is 14.0. The Balaban J connectivity index is 1.33. The molecule has 0 aliphatic carbocycles. The fraction of sp³-hybridized carbons (Fsp3) is 0.318. The van der Waals surface area contributed by atoms with Crippen LogP contribution in [-0.2, 0) is 21.2 Å². The Morgan fingerprint density at radius 2 is 1.83 bits per heavy atom. The molecule has 158 valence electrons. The molecule has 2 N–H and O–H groups in total. The number of sulfonamides is 1. The van der Waals surface area contributed by atoms with E-state index in [2.05, 4.69) is 9.71 Å². The number of H-pyrrole nitrogens is 1. The summed E-state index contributed by atoms with van der Waals surface area (Å²) >= 11 is 0. The number of aromatic nitrogens is 1. The molecule has 1 saturated heterocycles. The average molecular weight is 428 g/mol. The van der Waals surface area contributed by atoms with E-state index in [0.29, 0.717) is 38.1 Å². The summed E-state index contributed by atoms with van der Waals surface area (Å²) in [5.41, 5.74) is 2.00. The van der Waals surface area contributed by atoms with Crippen LogP contribution in [0.1, 0.15) is 18.4 Å². The highest BCUT2D eigenvalue weighted by Gasteiger charge is 2.27. The first kappa shape index (κ1) is 20.4. The van der Waals surface area contributed by atoms with Crippen LogP contribution in [0.3, 0.4) is 0 Å². The molecule has 1 aliphatic rings. The van der Waals surface area contributed by atoms with E-state index >= 15 is 0 Å². The van der Waals surface area contributed by atoms with Crippen molar-refractivity contribution in [3.8, 4) is 5.75 Å². The van der Waals surface area contributed by atoms with Gasteiger partial charge in [-0.3, -0.25) is 4.79 Å². The highest BCUT2D eigenvalue weighted by atomic mass is 32.2. The first-order chi connectivity index (χ1) is 14.5. The van der Waals surface area contributed by atoms with E-state index in [0.717, 1.165) is 16.5 Å². The van der Waals surface area contributed by atoms with E-state index in [9.17, 15) is 13.2 Å². The van der Waals surface area contributed by atoms with Gasteiger partial charge in [-0.2, -0.15) is 0 Å². The predicted octanol–water partition coefficient (Wildman–Crippen LogP) is 2.69. The number of fused-ring (bicyclic) bond motifs is 1. The number of nitrogens with one attached hydrogen (secondary N) is 2. The van der Waals surface area contributed by atoms with E-state index in [1.807, 2.05) is 35.4 Å². The van der Waals surface area contributed by atoms with Crippen LogP contribution in [0.25, 0.3) is 10.9 Å². The van der Waals surface area contributed by atoms with E-state index in [1.54, 1.807) is 12.1 Å². The summed E-state index contributed by atoms with van der Waals surface area (Å²) in [5, 5.41) is 1.06. The van der Waals surface area contributed by atoms with Crippen LogP contribution >= 0.6 is 0 Å². The van der Waals surface area contributed by atoms with Crippen LogP contribution in [0.4, 0.5) is 0 Å². The molecule has 2 heterocycles. The van der Waals surface area contributed by atoms with Crippen LogP contribution in [0.15, 0.2) is 59.6 Å². The van der Waals surface area contributed by atoms with Crippen LogP contribution < -0.4 is 9.46 Å². The minimum absolute atomic E-state index is 0.0659. The van der Waals surface area contributed by atoms with Crippen LogP contribution in [-0.4, -0.2) is 50.5 Å². The zero-order valence-corrected chi connectivity index (χ0v) is 17.6. The monoisotopic (exact) mass is 427 g/mol. The van der Waals surface area contributed by atoms with Gasteiger partial charge in [-0.05, 0) is 48.7 Å². The number of ether oxygens (including phenoxy) is 1. The van der Waals surface area contributed by atoms with Crippen molar-refractivity contribution in [3.63, 3.8) is 0 Å². The van der Waals surface area contributed by atoms with Crippen molar-refractivity contribution in [1.82, 2.24) is 14.6 Å². The quantitative estimate of drug-likeness (QED) is 0.633. The third kappa shape index (κ3) is 4.34. The van der Waals surface area contributed by atoms with Crippen molar-refractivity contribution in [2.24, 2.45) is 0 Å². The standard InChI is InChI=1S/C22H25N3O4S/c1-29-18-6-8-19(9-7-18)30(27,28)24-17-10-12-25(13-11-17)22(26)14-16-15-23-21-5-3-2-4-20(16)21/h2-9,15,17,23-24H,10-14H2,1H3. The largest absolute Gasteiger partial charge is 0.497 e. The number of carbonyl (C=O) groups is 1. The van der Waals surface area contributed by atoms with Crippen molar-refractivity contribution in [1.29, 1.82) is 0 Å². The lowest BCUT2D eigenvalue weighted by atomic mass is 10.0. The van der Waals surface area contributed by atoms with Gasteiger partial charge in [0.05, 0.1) is 18.4 Å². The summed E-state index contributed by atoms with van der Waals surface area (Å²) in [7, 11) is -2.06. The summed E-state index contributed by atoms with van der Waals surface area (Å²) in [6.07, 6.45) is 3.41. The van der Waals surface area contributed by atoms with Crippen LogP contribution in [0, 0.1) is 0 Å². The predicted molar refractivity (Wildman–Crippen MR) is 115 cm³/mol. The number of likely N-dealkylation sites (tertiary alicyclic amines) is 1. The second-order valence-electron chi connectivity index (χ2n) is 7.49. The Kier molecular flexibility index (Phi) is 5.78. The van der Waals surface area contributed by atoms with Crippen molar-refractivity contribution in [2.75, 3.05) is 20.2 Å². The van der Waals surface area contributed by atoms with Gasteiger partial charge in [-0.15, -0.1) is 0 Å². The van der Waals surface area contributed by atoms with E-state index in [-0.39, 0.29) is 16.8 Å². The Bertz CT molecular complexity index is 1130. The number of methoxy groups -OCH3 is 1. The molecule has 7 nitrogen and oxygen atoms in total. The molecule has 0 bridgehead atoms. The first-order valence-electron chi connectivity index (χ1n) is 9.95. The SMILES string of the molecule is COc1ccc(S(=O)(=O)NC2CCN(C(=O)Cc3c[nH]c4ccccc34)CC2)cc1. The Morgan fingerprint density at radius 3 is 2.53 bits per heavy atom. The Hall–Kier alpha value is -2.84. The molecule has 1 aromatic heterocycles. The smallest absolute Gasteiger partial charge is 0.240 e. The van der Waals surface area contributed by atoms with Gasteiger partial charge in [-0.1, -0.05) is 18.2 Å². The lowest BCUT2D eigenvalue weighted by Crippen LogP contribution is -2.46. The summed E-state index contributed by atoms with van der Waals surface area (Å²) in [6.45, 7) is 1.08. The number of hydrogen-bond donors (Lipinski definition) is 2. The number of nitrogens with zero attached hydrogens (tertiary/aromatic N) is 1. The highest BCUT2D eigenvalue weighted by Crippen LogP contribution is 2.21. The number of hydrogen-bond acceptors (Lipinski definition) is 4. The molecule has 0 saturated carbocycles. The highest BCUT2D eigenvalue weighted by molar-refractivity contribution is 7.89. The zero-order valence-electron chi connectivity index (χ0n) is 16.8. The van der Waals surface area contributed by atoms with Gasteiger partial charge in [0.15, 0.2) is 0 Å². The lowest BCUT2D eigenvalue weighted by Gasteiger charge is -2.32. The summed E-state index contributed by atoms with van der Waals surface area (Å²) in [5.74, 6) is 0.673. The number of para-hydroxylation sites is 1. The average Bonchev–Trinajstić information content (AvgIpc) is 3.17. The Morgan fingerprint density at radius 1 is 1.13 bits per heavy atom. The van der Waals surface area contributed by atoms with Crippen molar-refractivity contribution < 1.29 is 17.9 Å². The van der Waals surface area contributed by atoms with Gasteiger partial charge in [0, 0.05) is 36.2 Å². The Labute approximate surface area is 176 Å². The van der Waals surface area contributed by atoms with Gasteiger partial charge >= 0.3 is 0 Å². The third-order valence-electron chi connectivity index (χ3n) is 5.56. The molecular formula is C22H25N3O4S. The molecule has 30 heavy (non-hydrogen) atoms. The van der Waals surface area contributed by atoms with Gasteiger partial charge in [0.1, 0.15) is 5.75 Å². The van der Waals surface area contributed by atoms with Gasteiger partial charge in [-0.25, -0.2) is 13.1 Å². The molecule has 0 unspecified atom stereocenters. The fourth-order valence-electron chi connectivity index (χ4n) is 3.84. The van der Waals surface area contributed by atoms with Crippen molar-refractivity contribution in [2.45, 2.75) is 30.2 Å². The molecule has 0 spiro atoms. The van der Waals surface area contributed by atoms with E-state index in [4.69, 9.17) is 4.74 Å². The molecule has 1 fully saturated rings.